The molecule has 1 saturated heterocycles. The van der Waals surface area contributed by atoms with Crippen molar-refractivity contribution in [1.82, 2.24) is 19.7 Å². The van der Waals surface area contributed by atoms with Crippen LogP contribution < -0.4 is 0 Å². The predicted molar refractivity (Wildman–Crippen MR) is 117 cm³/mol. The van der Waals surface area contributed by atoms with Crippen molar-refractivity contribution in [2.45, 2.75) is 64.8 Å². The summed E-state index contributed by atoms with van der Waals surface area (Å²) in [6, 6.07) is 9.91. The summed E-state index contributed by atoms with van der Waals surface area (Å²) in [4.78, 5) is 20.3. The summed E-state index contributed by atoms with van der Waals surface area (Å²) in [6.07, 6.45) is 4.24. The first-order valence-corrected chi connectivity index (χ1v) is 10.6. The van der Waals surface area contributed by atoms with E-state index in [9.17, 15) is 4.79 Å². The molecule has 1 aliphatic rings. The molecule has 3 aromatic rings. The van der Waals surface area contributed by atoms with Crippen molar-refractivity contribution in [3.8, 4) is 11.5 Å². The lowest BCUT2D eigenvalue weighted by molar-refractivity contribution is -0.0785. The van der Waals surface area contributed by atoms with E-state index in [4.69, 9.17) is 9.15 Å². The molecule has 3 heterocycles. The lowest BCUT2D eigenvalue weighted by atomic mass is 9.92. The summed E-state index contributed by atoms with van der Waals surface area (Å²) in [5.41, 5.74) is 1.33. The molecule has 1 atom stereocenters. The first-order chi connectivity index (χ1) is 14.6. The van der Waals surface area contributed by atoms with Crippen LogP contribution in [0.2, 0.25) is 0 Å². The molecule has 31 heavy (non-hydrogen) atoms. The predicted octanol–water partition coefficient (Wildman–Crippen LogP) is 4.37. The maximum atomic E-state index is 13.8. The molecule has 7 heteroatoms. The number of aromatic nitrogens is 3. The molecule has 1 aromatic carbocycles. The smallest absolute Gasteiger partial charge is 0.276 e. The van der Waals surface area contributed by atoms with Gasteiger partial charge in [0.25, 0.3) is 5.91 Å². The fraction of sp³-hybridized carbons (Fsp3) is 0.458. The van der Waals surface area contributed by atoms with Gasteiger partial charge in [-0.15, -0.1) is 0 Å². The quantitative estimate of drug-likeness (QED) is 0.610. The second-order valence-corrected chi connectivity index (χ2v) is 9.43. The Bertz CT molecular complexity index is 1080. The molecule has 1 amide bonds. The van der Waals surface area contributed by atoms with Crippen molar-refractivity contribution in [1.29, 1.82) is 0 Å². The number of carbonyl (C=O) groups is 1. The van der Waals surface area contributed by atoms with E-state index in [-0.39, 0.29) is 17.6 Å². The van der Waals surface area contributed by atoms with Crippen LogP contribution in [0, 0.1) is 6.92 Å². The third-order valence-corrected chi connectivity index (χ3v) is 5.81. The first kappa shape index (κ1) is 21.3. The fourth-order valence-electron chi connectivity index (χ4n) is 4.51. The Labute approximate surface area is 183 Å². The van der Waals surface area contributed by atoms with Gasteiger partial charge in [0.1, 0.15) is 5.76 Å². The Hall–Kier alpha value is -2.93. The number of carbonyl (C=O) groups excluding carboxylic acids is 1. The third kappa shape index (κ3) is 4.28. The largest absolute Gasteiger partial charge is 0.440 e. The normalized spacial score (nSPS) is 19.5. The van der Waals surface area contributed by atoms with Crippen molar-refractivity contribution in [3.63, 3.8) is 0 Å². The van der Waals surface area contributed by atoms with E-state index >= 15 is 0 Å². The average Bonchev–Trinajstić information content (AvgIpc) is 3.35. The zero-order chi connectivity index (χ0) is 22.4. The van der Waals surface area contributed by atoms with E-state index in [1.807, 2.05) is 48.5 Å². The summed E-state index contributed by atoms with van der Waals surface area (Å²) >= 11 is 0. The molecule has 0 N–H and O–H groups in total. The average molecular weight is 423 g/mol. The standard InChI is InChI=1S/C24H30N4O3/c1-16-20(26-21(30-16)18-13-25-27(6)15-18)22(29)28(14-17-10-8-7-9-11-17)19-12-23(2,3)31-24(19,4)5/h7-11,13,15,19H,12,14H2,1-6H3/t19-/m0/s1. The topological polar surface area (TPSA) is 73.4 Å². The number of rotatable bonds is 5. The summed E-state index contributed by atoms with van der Waals surface area (Å²) in [7, 11) is 1.83. The van der Waals surface area contributed by atoms with Gasteiger partial charge in [-0.05, 0) is 46.6 Å². The van der Waals surface area contributed by atoms with E-state index in [1.165, 1.54) is 0 Å². The van der Waals surface area contributed by atoms with Crippen LogP contribution in [0.1, 0.15) is 55.9 Å². The van der Waals surface area contributed by atoms with Crippen LogP contribution in [0.25, 0.3) is 11.5 Å². The summed E-state index contributed by atoms with van der Waals surface area (Å²) < 4.78 is 13.8. The maximum absolute atomic E-state index is 13.8. The van der Waals surface area contributed by atoms with E-state index in [0.29, 0.717) is 23.9 Å². The zero-order valence-electron chi connectivity index (χ0n) is 19.0. The van der Waals surface area contributed by atoms with Crippen LogP contribution in [0.5, 0.6) is 0 Å². The fourth-order valence-corrected chi connectivity index (χ4v) is 4.51. The molecule has 0 spiro atoms. The number of amides is 1. The van der Waals surface area contributed by atoms with Crippen LogP contribution in [0.3, 0.4) is 0 Å². The lowest BCUT2D eigenvalue weighted by Gasteiger charge is -2.36. The number of benzene rings is 1. The molecule has 0 unspecified atom stereocenters. The van der Waals surface area contributed by atoms with E-state index < -0.39 is 5.60 Å². The van der Waals surface area contributed by atoms with Crippen molar-refractivity contribution in [2.24, 2.45) is 7.05 Å². The highest BCUT2D eigenvalue weighted by Crippen LogP contribution is 2.41. The molecule has 0 bridgehead atoms. The van der Waals surface area contributed by atoms with Gasteiger partial charge in [-0.1, -0.05) is 30.3 Å². The molecule has 1 fully saturated rings. The lowest BCUT2D eigenvalue weighted by Crippen LogP contribution is -2.49. The second-order valence-electron chi connectivity index (χ2n) is 9.43. The van der Waals surface area contributed by atoms with Gasteiger partial charge in [0.2, 0.25) is 5.89 Å². The van der Waals surface area contributed by atoms with Crippen LogP contribution in [-0.2, 0) is 18.3 Å². The molecular formula is C24H30N4O3. The zero-order valence-corrected chi connectivity index (χ0v) is 19.0. The summed E-state index contributed by atoms with van der Waals surface area (Å²) in [5.74, 6) is 0.744. The van der Waals surface area contributed by atoms with E-state index in [1.54, 1.807) is 17.8 Å². The number of oxazole rings is 1. The Kier molecular flexibility index (Phi) is 5.25. The van der Waals surface area contributed by atoms with Crippen LogP contribution >= 0.6 is 0 Å². The SMILES string of the molecule is Cc1oc(-c2cnn(C)c2)nc1C(=O)N(Cc1ccccc1)[C@H]1CC(C)(C)OC1(C)C. The number of nitrogens with zero attached hydrogens (tertiary/aromatic N) is 4. The molecule has 0 saturated carbocycles. The molecule has 2 aromatic heterocycles. The highest BCUT2D eigenvalue weighted by molar-refractivity contribution is 5.94. The summed E-state index contributed by atoms with van der Waals surface area (Å²) in [5, 5.41) is 4.17. The second kappa shape index (κ2) is 7.64. The Morgan fingerprint density at radius 1 is 1.23 bits per heavy atom. The number of hydrogen-bond donors (Lipinski definition) is 0. The van der Waals surface area contributed by atoms with Crippen molar-refractivity contribution in [3.05, 3.63) is 59.7 Å². The van der Waals surface area contributed by atoms with Crippen molar-refractivity contribution in [2.75, 3.05) is 0 Å². The van der Waals surface area contributed by atoms with Gasteiger partial charge in [0.15, 0.2) is 5.69 Å². The van der Waals surface area contributed by atoms with Crippen molar-refractivity contribution >= 4 is 5.91 Å². The summed E-state index contributed by atoms with van der Waals surface area (Å²) in [6.45, 7) is 10.5. The molecule has 164 valence electrons. The highest BCUT2D eigenvalue weighted by Gasteiger charge is 2.50. The van der Waals surface area contributed by atoms with Gasteiger partial charge >= 0.3 is 0 Å². The number of hydrogen-bond acceptors (Lipinski definition) is 5. The Morgan fingerprint density at radius 2 is 1.94 bits per heavy atom. The number of aryl methyl sites for hydroxylation is 2. The molecule has 1 aliphatic heterocycles. The van der Waals surface area contributed by atoms with Gasteiger partial charge in [0, 0.05) is 19.8 Å². The van der Waals surface area contributed by atoms with Gasteiger partial charge in [-0.2, -0.15) is 5.10 Å². The van der Waals surface area contributed by atoms with Gasteiger partial charge in [-0.25, -0.2) is 4.98 Å². The van der Waals surface area contributed by atoms with Gasteiger partial charge in [-0.3, -0.25) is 9.48 Å². The van der Waals surface area contributed by atoms with E-state index in [2.05, 4.69) is 37.8 Å². The Balaban J connectivity index is 1.72. The minimum absolute atomic E-state index is 0.104. The first-order valence-electron chi connectivity index (χ1n) is 10.6. The third-order valence-electron chi connectivity index (χ3n) is 5.81. The Morgan fingerprint density at radius 3 is 2.52 bits per heavy atom. The molecular weight excluding hydrogens is 392 g/mol. The maximum Gasteiger partial charge on any atom is 0.276 e. The highest BCUT2D eigenvalue weighted by atomic mass is 16.5. The monoisotopic (exact) mass is 422 g/mol. The van der Waals surface area contributed by atoms with Crippen LogP contribution in [0.15, 0.2) is 47.1 Å². The minimum atomic E-state index is -0.488. The number of ether oxygens (including phenoxy) is 1. The van der Waals surface area contributed by atoms with E-state index in [0.717, 1.165) is 17.5 Å². The van der Waals surface area contributed by atoms with Gasteiger partial charge in [0.05, 0.1) is 29.0 Å². The van der Waals surface area contributed by atoms with Crippen LogP contribution in [-0.4, -0.2) is 42.8 Å². The van der Waals surface area contributed by atoms with Crippen LogP contribution in [0.4, 0.5) is 0 Å². The molecule has 0 aliphatic carbocycles. The molecule has 0 radical (unpaired) electrons. The molecule has 4 rings (SSSR count). The minimum Gasteiger partial charge on any atom is -0.440 e. The molecule has 7 nitrogen and oxygen atoms in total. The van der Waals surface area contributed by atoms with Gasteiger partial charge < -0.3 is 14.1 Å². The van der Waals surface area contributed by atoms with Crippen molar-refractivity contribution < 1.29 is 13.9 Å².